The maximum atomic E-state index is 11.5. The Labute approximate surface area is 144 Å². The van der Waals surface area contributed by atoms with Gasteiger partial charge in [-0.1, -0.05) is 30.3 Å². The van der Waals surface area contributed by atoms with Crippen LogP contribution in [0.2, 0.25) is 0 Å². The van der Waals surface area contributed by atoms with Crippen molar-refractivity contribution in [3.63, 3.8) is 0 Å². The van der Waals surface area contributed by atoms with Crippen LogP contribution >= 0.6 is 0 Å². The minimum absolute atomic E-state index is 0.0487. The van der Waals surface area contributed by atoms with Crippen LogP contribution in [0.4, 0.5) is 17.3 Å². The fraction of sp³-hybridized carbons (Fsp3) is 0.312. The Morgan fingerprint density at radius 2 is 2.04 bits per heavy atom. The SMILES string of the molecule is COC(=O)CN(C)c1ncnc(NCCc2ccccc2)c1[N+](=O)[O-]. The van der Waals surface area contributed by atoms with E-state index in [0.717, 1.165) is 5.56 Å². The second kappa shape index (κ2) is 8.57. The average molecular weight is 345 g/mol. The molecule has 1 aromatic carbocycles. The summed E-state index contributed by atoms with van der Waals surface area (Å²) in [5.41, 5.74) is 0.830. The standard InChI is InChI=1S/C16H19N5O4/c1-20(10-13(22)25-2)16-14(21(23)24)15(18-11-19-16)17-9-8-12-6-4-3-5-7-12/h3-7,11H,8-10H2,1-2H3,(H,17,18,19). The van der Waals surface area contributed by atoms with Crippen LogP contribution in [0.3, 0.4) is 0 Å². The molecule has 0 spiro atoms. The number of anilines is 2. The molecule has 2 aromatic rings. The van der Waals surface area contributed by atoms with Gasteiger partial charge in [0.1, 0.15) is 12.9 Å². The number of nitrogens with zero attached hydrogens (tertiary/aromatic N) is 4. The Balaban J connectivity index is 2.16. The lowest BCUT2D eigenvalue weighted by Crippen LogP contribution is -2.28. The topological polar surface area (TPSA) is 110 Å². The molecule has 0 atom stereocenters. The third kappa shape index (κ3) is 4.87. The summed E-state index contributed by atoms with van der Waals surface area (Å²) >= 11 is 0. The van der Waals surface area contributed by atoms with Crippen molar-refractivity contribution in [3.05, 3.63) is 52.3 Å². The van der Waals surface area contributed by atoms with Crippen molar-refractivity contribution < 1.29 is 14.5 Å². The molecule has 0 aliphatic rings. The summed E-state index contributed by atoms with van der Waals surface area (Å²) in [4.78, 5) is 31.6. The van der Waals surface area contributed by atoms with Crippen molar-refractivity contribution in [2.24, 2.45) is 0 Å². The number of hydrogen-bond donors (Lipinski definition) is 1. The Morgan fingerprint density at radius 3 is 2.68 bits per heavy atom. The quantitative estimate of drug-likeness (QED) is 0.437. The van der Waals surface area contributed by atoms with Crippen LogP contribution in [0, 0.1) is 10.1 Å². The van der Waals surface area contributed by atoms with Crippen molar-refractivity contribution in [2.45, 2.75) is 6.42 Å². The van der Waals surface area contributed by atoms with Crippen molar-refractivity contribution in [2.75, 3.05) is 37.5 Å². The van der Waals surface area contributed by atoms with E-state index < -0.39 is 10.9 Å². The molecule has 1 N–H and O–H groups in total. The van der Waals surface area contributed by atoms with Gasteiger partial charge in [-0.15, -0.1) is 0 Å². The lowest BCUT2D eigenvalue weighted by Gasteiger charge is -2.17. The monoisotopic (exact) mass is 345 g/mol. The van der Waals surface area contributed by atoms with E-state index in [4.69, 9.17) is 0 Å². The smallest absolute Gasteiger partial charge is 0.353 e. The molecule has 1 aromatic heterocycles. The first-order chi connectivity index (χ1) is 12.0. The molecule has 9 heteroatoms. The summed E-state index contributed by atoms with van der Waals surface area (Å²) in [6.45, 7) is 0.319. The number of benzene rings is 1. The van der Waals surface area contributed by atoms with Gasteiger partial charge in [-0.3, -0.25) is 14.9 Å². The van der Waals surface area contributed by atoms with Crippen molar-refractivity contribution in [1.82, 2.24) is 9.97 Å². The maximum absolute atomic E-state index is 11.5. The third-order valence-corrected chi connectivity index (χ3v) is 3.49. The highest BCUT2D eigenvalue weighted by molar-refractivity contribution is 5.78. The number of rotatable bonds is 8. The summed E-state index contributed by atoms with van der Waals surface area (Å²) in [5, 5.41) is 14.4. The normalized spacial score (nSPS) is 10.2. The molecule has 0 aliphatic heterocycles. The predicted octanol–water partition coefficient (Wildman–Crippen LogP) is 1.65. The van der Waals surface area contributed by atoms with E-state index in [1.54, 1.807) is 0 Å². The average Bonchev–Trinajstić information content (AvgIpc) is 2.62. The van der Waals surface area contributed by atoms with Gasteiger partial charge in [0.2, 0.25) is 11.6 Å². The molecule has 2 rings (SSSR count). The van der Waals surface area contributed by atoms with Gasteiger partial charge in [-0.25, -0.2) is 9.97 Å². The minimum atomic E-state index is -0.562. The summed E-state index contributed by atoms with van der Waals surface area (Å²) < 4.78 is 4.58. The van der Waals surface area contributed by atoms with Gasteiger partial charge in [-0.2, -0.15) is 0 Å². The number of hydrogen-bond acceptors (Lipinski definition) is 8. The molecule has 9 nitrogen and oxygen atoms in total. The number of methoxy groups -OCH3 is 1. The highest BCUT2D eigenvalue weighted by Gasteiger charge is 2.26. The van der Waals surface area contributed by atoms with Crippen LogP contribution in [-0.2, 0) is 16.0 Å². The molecule has 0 bridgehead atoms. The zero-order valence-electron chi connectivity index (χ0n) is 14.0. The molecule has 132 valence electrons. The van der Waals surface area contributed by atoms with Crippen LogP contribution in [0.1, 0.15) is 5.56 Å². The number of likely N-dealkylation sites (N-methyl/N-ethyl adjacent to an activating group) is 1. The zero-order valence-corrected chi connectivity index (χ0v) is 14.0. The van der Waals surface area contributed by atoms with Crippen LogP contribution < -0.4 is 10.2 Å². The molecule has 0 unspecified atom stereocenters. The fourth-order valence-corrected chi connectivity index (χ4v) is 2.25. The minimum Gasteiger partial charge on any atom is -0.468 e. The fourth-order valence-electron chi connectivity index (χ4n) is 2.25. The van der Waals surface area contributed by atoms with E-state index in [2.05, 4.69) is 20.0 Å². The van der Waals surface area contributed by atoms with Crippen LogP contribution in [0.15, 0.2) is 36.7 Å². The Bertz CT molecular complexity index is 739. The largest absolute Gasteiger partial charge is 0.468 e. The van der Waals surface area contributed by atoms with Gasteiger partial charge in [0.25, 0.3) is 0 Å². The highest BCUT2D eigenvalue weighted by atomic mass is 16.6. The van der Waals surface area contributed by atoms with Crippen LogP contribution in [0.5, 0.6) is 0 Å². The number of ether oxygens (including phenoxy) is 1. The molecule has 0 amide bonds. The Morgan fingerprint density at radius 1 is 1.32 bits per heavy atom. The number of nitro groups is 1. The third-order valence-electron chi connectivity index (χ3n) is 3.49. The van der Waals surface area contributed by atoms with Crippen LogP contribution in [0.25, 0.3) is 0 Å². The first-order valence-electron chi connectivity index (χ1n) is 7.58. The van der Waals surface area contributed by atoms with E-state index in [9.17, 15) is 14.9 Å². The van der Waals surface area contributed by atoms with Gasteiger partial charge in [0.15, 0.2) is 0 Å². The van der Waals surface area contributed by atoms with Gasteiger partial charge in [0, 0.05) is 13.6 Å². The Hall–Kier alpha value is -3.23. The molecule has 25 heavy (non-hydrogen) atoms. The lowest BCUT2D eigenvalue weighted by atomic mass is 10.1. The second-order valence-electron chi connectivity index (χ2n) is 5.25. The van der Waals surface area contributed by atoms with E-state index in [1.165, 1.54) is 25.4 Å². The number of nitrogens with one attached hydrogen (secondary N) is 1. The maximum Gasteiger partial charge on any atom is 0.353 e. The van der Waals surface area contributed by atoms with E-state index in [0.29, 0.717) is 13.0 Å². The first-order valence-corrected chi connectivity index (χ1v) is 7.58. The van der Waals surface area contributed by atoms with Gasteiger partial charge < -0.3 is 15.0 Å². The first kappa shape index (κ1) is 18.1. The molecule has 0 radical (unpaired) electrons. The van der Waals surface area contributed by atoms with Crippen molar-refractivity contribution in [3.8, 4) is 0 Å². The van der Waals surface area contributed by atoms with Gasteiger partial charge in [0.05, 0.1) is 12.0 Å². The lowest BCUT2D eigenvalue weighted by molar-refractivity contribution is -0.383. The van der Waals surface area contributed by atoms with Crippen molar-refractivity contribution in [1.29, 1.82) is 0 Å². The van der Waals surface area contributed by atoms with Crippen LogP contribution in [-0.4, -0.2) is 48.1 Å². The Kier molecular flexibility index (Phi) is 6.21. The molecule has 0 saturated heterocycles. The molecule has 0 saturated carbocycles. The number of esters is 1. The molecule has 1 heterocycles. The molecular formula is C16H19N5O4. The summed E-state index contributed by atoms with van der Waals surface area (Å²) in [6, 6.07) is 9.75. The van der Waals surface area contributed by atoms with Gasteiger partial charge >= 0.3 is 11.7 Å². The predicted molar refractivity (Wildman–Crippen MR) is 92.6 cm³/mol. The van der Waals surface area contributed by atoms with E-state index in [1.807, 2.05) is 30.3 Å². The van der Waals surface area contributed by atoms with Gasteiger partial charge in [-0.05, 0) is 12.0 Å². The molecular weight excluding hydrogens is 326 g/mol. The highest BCUT2D eigenvalue weighted by Crippen LogP contribution is 2.30. The number of carbonyl (C=O) groups excluding carboxylic acids is 1. The van der Waals surface area contributed by atoms with E-state index in [-0.39, 0.29) is 23.9 Å². The zero-order chi connectivity index (χ0) is 18.2. The van der Waals surface area contributed by atoms with Crippen molar-refractivity contribution >= 4 is 23.3 Å². The second-order valence-corrected chi connectivity index (χ2v) is 5.25. The molecule has 0 aliphatic carbocycles. The summed E-state index contributed by atoms with van der Waals surface area (Å²) in [5.74, 6) is -0.357. The summed E-state index contributed by atoms with van der Waals surface area (Å²) in [7, 11) is 2.78. The number of carbonyl (C=O) groups is 1. The van der Waals surface area contributed by atoms with E-state index >= 15 is 0 Å². The molecule has 0 fully saturated rings. The summed E-state index contributed by atoms with van der Waals surface area (Å²) in [6.07, 6.45) is 1.91. The number of aromatic nitrogens is 2.